The second-order valence-corrected chi connectivity index (χ2v) is 7.87. The fourth-order valence-electron chi connectivity index (χ4n) is 3.34. The van der Waals surface area contributed by atoms with E-state index in [1.807, 2.05) is 24.3 Å². The first kappa shape index (κ1) is 12.6. The van der Waals surface area contributed by atoms with Crippen molar-refractivity contribution in [3.63, 3.8) is 0 Å². The Bertz CT molecular complexity index is 649. The molecule has 1 heterocycles. The van der Waals surface area contributed by atoms with Crippen LogP contribution in [0.4, 0.5) is 0 Å². The first-order valence-corrected chi connectivity index (χ1v) is 8.13. The molecule has 1 fully saturated rings. The summed E-state index contributed by atoms with van der Waals surface area (Å²) in [4.78, 5) is 0. The van der Waals surface area contributed by atoms with Crippen molar-refractivity contribution in [2.24, 2.45) is 5.41 Å². The third-order valence-corrected chi connectivity index (χ3v) is 6.24. The largest absolute Gasteiger partial charge is 0.387 e. The number of aliphatic hydroxyl groups is 1. The summed E-state index contributed by atoms with van der Waals surface area (Å²) in [6.45, 7) is 0. The van der Waals surface area contributed by atoms with E-state index < -0.39 is 20.9 Å². The minimum atomic E-state index is -3.23. The van der Waals surface area contributed by atoms with E-state index in [0.717, 1.165) is 11.1 Å². The molecule has 0 spiro atoms. The van der Waals surface area contributed by atoms with Gasteiger partial charge in [-0.3, -0.25) is 0 Å². The van der Waals surface area contributed by atoms with E-state index in [0.29, 0.717) is 12.8 Å². The van der Waals surface area contributed by atoms with E-state index in [1.54, 1.807) is 0 Å². The summed E-state index contributed by atoms with van der Waals surface area (Å²) >= 11 is 0. The molecule has 1 atom stereocenters. The minimum Gasteiger partial charge on any atom is -0.387 e. The average Bonchev–Trinajstić information content (AvgIpc) is 2.88. The lowest BCUT2D eigenvalue weighted by molar-refractivity contribution is -0.0277. The molecule has 3 rings (SSSR count). The van der Waals surface area contributed by atoms with Crippen LogP contribution in [0.3, 0.4) is 0 Å². The first-order valence-electron chi connectivity index (χ1n) is 6.31. The number of nitriles is 1. The third kappa shape index (κ3) is 1.78. The number of hydrogen-bond acceptors (Lipinski definition) is 4. The summed E-state index contributed by atoms with van der Waals surface area (Å²) < 4.78 is 23.3. The zero-order valence-corrected chi connectivity index (χ0v) is 11.3. The maximum absolute atomic E-state index is 11.7. The van der Waals surface area contributed by atoms with Gasteiger partial charge in [-0.15, -0.1) is 0 Å². The molecule has 1 N–H and O–H groups in total. The highest BCUT2D eigenvalue weighted by Gasteiger charge is 2.58. The van der Waals surface area contributed by atoms with E-state index in [9.17, 15) is 18.8 Å². The lowest BCUT2D eigenvalue weighted by Crippen LogP contribution is -2.49. The van der Waals surface area contributed by atoms with Gasteiger partial charge in [-0.05, 0) is 30.4 Å². The number of sulfone groups is 1. The summed E-state index contributed by atoms with van der Waals surface area (Å²) in [6.07, 6.45) is 1.04. The van der Waals surface area contributed by atoms with Crippen molar-refractivity contribution in [3.8, 4) is 6.07 Å². The molecule has 1 aliphatic heterocycles. The predicted molar refractivity (Wildman–Crippen MR) is 70.1 cm³/mol. The van der Waals surface area contributed by atoms with Crippen LogP contribution in [-0.4, -0.2) is 30.6 Å². The number of fused-ring (bicyclic) bond motifs is 1. The highest BCUT2D eigenvalue weighted by molar-refractivity contribution is 7.91. The number of hydrogen-bond donors (Lipinski definition) is 1. The Hall–Kier alpha value is -1.38. The number of benzene rings is 1. The summed E-state index contributed by atoms with van der Waals surface area (Å²) in [7, 11) is -3.23. The van der Waals surface area contributed by atoms with Crippen LogP contribution in [0.25, 0.3) is 0 Å². The number of rotatable bonds is 1. The fourth-order valence-corrected chi connectivity index (χ4v) is 5.28. The lowest BCUT2D eigenvalue weighted by atomic mass is 9.70. The van der Waals surface area contributed by atoms with Crippen molar-refractivity contribution in [2.75, 3.05) is 11.5 Å². The van der Waals surface area contributed by atoms with Crippen molar-refractivity contribution in [1.82, 2.24) is 0 Å². The zero-order valence-electron chi connectivity index (χ0n) is 10.5. The van der Waals surface area contributed by atoms with Gasteiger partial charge in [0.2, 0.25) is 0 Å². The molecule has 1 aliphatic carbocycles. The average molecular weight is 277 g/mol. The van der Waals surface area contributed by atoms with Gasteiger partial charge in [-0.1, -0.05) is 24.3 Å². The smallest absolute Gasteiger partial charge is 0.153 e. The molecule has 100 valence electrons. The molecule has 1 unspecified atom stereocenters. The summed E-state index contributed by atoms with van der Waals surface area (Å²) in [5.74, 6) is -0.315. The van der Waals surface area contributed by atoms with E-state index in [2.05, 4.69) is 6.07 Å². The van der Waals surface area contributed by atoms with Gasteiger partial charge in [-0.2, -0.15) is 5.26 Å². The van der Waals surface area contributed by atoms with Crippen LogP contribution in [0.1, 0.15) is 17.5 Å². The minimum absolute atomic E-state index is 0.0245. The van der Waals surface area contributed by atoms with Crippen molar-refractivity contribution in [1.29, 1.82) is 5.26 Å². The second kappa shape index (κ2) is 3.81. The van der Waals surface area contributed by atoms with Crippen LogP contribution in [0.15, 0.2) is 24.3 Å². The van der Waals surface area contributed by atoms with Gasteiger partial charge in [-0.25, -0.2) is 8.42 Å². The predicted octanol–water partition coefficient (Wildman–Crippen LogP) is 0.845. The highest BCUT2D eigenvalue weighted by atomic mass is 32.2. The normalized spacial score (nSPS) is 30.7. The Labute approximate surface area is 112 Å². The van der Waals surface area contributed by atoms with Crippen molar-refractivity contribution < 1.29 is 13.5 Å². The summed E-state index contributed by atoms with van der Waals surface area (Å²) in [5.41, 5.74) is -0.330. The van der Waals surface area contributed by atoms with Crippen LogP contribution < -0.4 is 0 Å². The molecule has 5 heteroatoms. The van der Waals surface area contributed by atoms with Crippen LogP contribution in [0, 0.1) is 16.7 Å². The standard InChI is InChI=1S/C14H15NO3S/c15-9-13(14(16)5-6-19(17,18)10-14)7-11-3-1-2-4-12(11)8-13/h1-4,16H,5-8,10H2. The van der Waals surface area contributed by atoms with Crippen LogP contribution in [-0.2, 0) is 22.7 Å². The van der Waals surface area contributed by atoms with Gasteiger partial charge in [0.25, 0.3) is 0 Å². The molecule has 1 aromatic rings. The van der Waals surface area contributed by atoms with E-state index in [4.69, 9.17) is 0 Å². The Morgan fingerprint density at radius 2 is 1.79 bits per heavy atom. The lowest BCUT2D eigenvalue weighted by Gasteiger charge is -2.36. The Morgan fingerprint density at radius 1 is 1.21 bits per heavy atom. The van der Waals surface area contributed by atoms with Crippen molar-refractivity contribution in [3.05, 3.63) is 35.4 Å². The van der Waals surface area contributed by atoms with Crippen molar-refractivity contribution >= 4 is 9.84 Å². The van der Waals surface area contributed by atoms with Gasteiger partial charge < -0.3 is 5.11 Å². The summed E-state index contributed by atoms with van der Waals surface area (Å²) in [5, 5.41) is 20.3. The summed E-state index contributed by atoms with van der Waals surface area (Å²) in [6, 6.07) is 9.93. The molecular formula is C14H15NO3S. The maximum Gasteiger partial charge on any atom is 0.153 e. The molecule has 19 heavy (non-hydrogen) atoms. The molecule has 4 nitrogen and oxygen atoms in total. The number of nitrogens with zero attached hydrogens (tertiary/aromatic N) is 1. The molecule has 0 saturated carbocycles. The molecule has 0 aromatic heterocycles. The molecule has 2 aliphatic rings. The zero-order chi connectivity index (χ0) is 13.7. The fraction of sp³-hybridized carbons (Fsp3) is 0.500. The van der Waals surface area contributed by atoms with Gasteiger partial charge in [0.15, 0.2) is 9.84 Å². The van der Waals surface area contributed by atoms with Crippen LogP contribution in [0.2, 0.25) is 0 Å². The van der Waals surface area contributed by atoms with Gasteiger partial charge in [0.05, 0.1) is 28.6 Å². The monoisotopic (exact) mass is 277 g/mol. The Kier molecular flexibility index (Phi) is 2.54. The molecular weight excluding hydrogens is 262 g/mol. The second-order valence-electron chi connectivity index (χ2n) is 5.69. The topological polar surface area (TPSA) is 78.2 Å². The molecule has 0 bridgehead atoms. The van der Waals surface area contributed by atoms with Crippen LogP contribution >= 0.6 is 0 Å². The third-order valence-electron chi connectivity index (χ3n) is 4.49. The highest BCUT2D eigenvalue weighted by Crippen LogP contribution is 2.48. The molecule has 0 radical (unpaired) electrons. The maximum atomic E-state index is 11.7. The van der Waals surface area contributed by atoms with E-state index in [-0.39, 0.29) is 17.9 Å². The van der Waals surface area contributed by atoms with Gasteiger partial charge in [0, 0.05) is 0 Å². The molecule has 1 saturated heterocycles. The first-order chi connectivity index (χ1) is 8.90. The Balaban J connectivity index is 2.03. The van der Waals surface area contributed by atoms with Crippen molar-refractivity contribution in [2.45, 2.75) is 24.9 Å². The molecule has 1 aromatic carbocycles. The van der Waals surface area contributed by atoms with Crippen LogP contribution in [0.5, 0.6) is 0 Å². The quantitative estimate of drug-likeness (QED) is 0.825. The SMILES string of the molecule is N#CC1(C2(O)CCS(=O)(=O)C2)Cc2ccccc2C1. The van der Waals surface area contributed by atoms with Gasteiger partial charge >= 0.3 is 0 Å². The van der Waals surface area contributed by atoms with E-state index >= 15 is 0 Å². The van der Waals surface area contributed by atoms with Gasteiger partial charge in [0.1, 0.15) is 0 Å². The van der Waals surface area contributed by atoms with E-state index in [1.165, 1.54) is 0 Å². The molecule has 0 amide bonds. The Morgan fingerprint density at radius 3 is 2.21 bits per heavy atom.